The van der Waals surface area contributed by atoms with Gasteiger partial charge in [0.2, 0.25) is 0 Å². The molecule has 1 fully saturated rings. The molecule has 0 bridgehead atoms. The second-order valence-electron chi connectivity index (χ2n) is 5.33. The van der Waals surface area contributed by atoms with Crippen molar-refractivity contribution in [2.45, 2.75) is 45.1 Å². The fraction of sp³-hybridized carbons (Fsp3) is 0.643. The molecule has 0 aromatic carbocycles. The van der Waals surface area contributed by atoms with Crippen LogP contribution in [0.15, 0.2) is 12.5 Å². The van der Waals surface area contributed by atoms with Gasteiger partial charge in [-0.2, -0.15) is 0 Å². The lowest BCUT2D eigenvalue weighted by atomic mass is 10.0. The van der Waals surface area contributed by atoms with Gasteiger partial charge in [0.1, 0.15) is 6.33 Å². The molecule has 1 aliphatic rings. The minimum atomic E-state index is -0.0452. The Hall–Kier alpha value is -1.49. The third-order valence-corrected chi connectivity index (χ3v) is 3.45. The molecule has 5 heteroatoms. The van der Waals surface area contributed by atoms with Crippen LogP contribution in [0.5, 0.6) is 0 Å². The number of hydrogen-bond donors (Lipinski definition) is 2. The third kappa shape index (κ3) is 3.73. The summed E-state index contributed by atoms with van der Waals surface area (Å²) in [5.74, 6) is 0.177. The van der Waals surface area contributed by atoms with Crippen LogP contribution in [-0.4, -0.2) is 35.0 Å². The van der Waals surface area contributed by atoms with Gasteiger partial charge in [-0.25, -0.2) is 9.97 Å². The minimum absolute atomic E-state index is 0.0452. The number of hydrogen-bond acceptors (Lipinski definition) is 4. The molecule has 1 saturated heterocycles. The highest BCUT2D eigenvalue weighted by Crippen LogP contribution is 2.16. The molecule has 104 valence electrons. The van der Waals surface area contributed by atoms with Gasteiger partial charge in [-0.05, 0) is 38.3 Å². The van der Waals surface area contributed by atoms with Crippen molar-refractivity contribution in [3.8, 4) is 0 Å². The van der Waals surface area contributed by atoms with Crippen LogP contribution in [-0.2, 0) is 0 Å². The zero-order chi connectivity index (χ0) is 13.7. The first-order chi connectivity index (χ1) is 9.18. The highest BCUT2D eigenvalue weighted by Gasteiger charge is 2.19. The first kappa shape index (κ1) is 13.9. The molecule has 0 radical (unpaired) electrons. The Morgan fingerprint density at radius 3 is 3.05 bits per heavy atom. The lowest BCUT2D eigenvalue weighted by molar-refractivity contribution is 0.0932. The van der Waals surface area contributed by atoms with Crippen molar-refractivity contribution >= 4 is 5.91 Å². The first-order valence-corrected chi connectivity index (χ1v) is 7.00. The predicted molar refractivity (Wildman–Crippen MR) is 74.1 cm³/mol. The van der Waals surface area contributed by atoms with Crippen molar-refractivity contribution < 1.29 is 4.79 Å². The standard InChI is InChI=1S/C14H22N4O/c1-10(2)13-12(8-16-9-17-13)14(19)18-11-4-3-6-15-7-5-11/h8-11,15H,3-7H2,1-2H3,(H,18,19). The first-order valence-electron chi connectivity index (χ1n) is 7.00. The summed E-state index contributed by atoms with van der Waals surface area (Å²) in [7, 11) is 0. The van der Waals surface area contributed by atoms with Crippen molar-refractivity contribution in [1.29, 1.82) is 0 Å². The topological polar surface area (TPSA) is 66.9 Å². The summed E-state index contributed by atoms with van der Waals surface area (Å²) < 4.78 is 0. The quantitative estimate of drug-likeness (QED) is 0.865. The van der Waals surface area contributed by atoms with E-state index in [1.54, 1.807) is 6.20 Å². The Bertz CT molecular complexity index is 425. The van der Waals surface area contributed by atoms with E-state index < -0.39 is 0 Å². The summed E-state index contributed by atoms with van der Waals surface area (Å²) in [5.41, 5.74) is 1.42. The van der Waals surface area contributed by atoms with Crippen LogP contribution in [0.25, 0.3) is 0 Å². The third-order valence-electron chi connectivity index (χ3n) is 3.45. The molecular weight excluding hydrogens is 240 g/mol. The maximum atomic E-state index is 12.3. The number of amides is 1. The summed E-state index contributed by atoms with van der Waals surface area (Å²) in [6, 6.07) is 0.253. The number of rotatable bonds is 3. The number of nitrogens with zero attached hydrogens (tertiary/aromatic N) is 2. The average molecular weight is 262 g/mol. The molecule has 0 spiro atoms. The van der Waals surface area contributed by atoms with Crippen LogP contribution in [0.1, 0.15) is 55.1 Å². The molecule has 2 rings (SSSR count). The lowest BCUT2D eigenvalue weighted by Crippen LogP contribution is -2.36. The minimum Gasteiger partial charge on any atom is -0.349 e. The van der Waals surface area contributed by atoms with Gasteiger partial charge in [-0.3, -0.25) is 4.79 Å². The molecular formula is C14H22N4O. The average Bonchev–Trinajstić information content (AvgIpc) is 2.67. The lowest BCUT2D eigenvalue weighted by Gasteiger charge is -2.17. The van der Waals surface area contributed by atoms with E-state index in [2.05, 4.69) is 20.6 Å². The van der Waals surface area contributed by atoms with E-state index in [-0.39, 0.29) is 17.9 Å². The molecule has 2 heterocycles. The number of carbonyl (C=O) groups is 1. The zero-order valence-corrected chi connectivity index (χ0v) is 11.6. The van der Waals surface area contributed by atoms with E-state index in [9.17, 15) is 4.79 Å². The molecule has 0 aliphatic carbocycles. The Balaban J connectivity index is 2.06. The second-order valence-corrected chi connectivity index (χ2v) is 5.33. The Labute approximate surface area is 114 Å². The zero-order valence-electron chi connectivity index (χ0n) is 11.6. The molecule has 1 aliphatic heterocycles. The normalized spacial score (nSPS) is 20.1. The molecule has 19 heavy (non-hydrogen) atoms. The summed E-state index contributed by atoms with van der Waals surface area (Å²) in [6.45, 7) is 6.08. The largest absolute Gasteiger partial charge is 0.349 e. The molecule has 2 N–H and O–H groups in total. The fourth-order valence-electron chi connectivity index (χ4n) is 2.40. The van der Waals surface area contributed by atoms with E-state index in [0.717, 1.165) is 38.0 Å². The van der Waals surface area contributed by atoms with Crippen molar-refractivity contribution in [2.24, 2.45) is 0 Å². The number of nitrogens with one attached hydrogen (secondary N) is 2. The highest BCUT2D eigenvalue weighted by atomic mass is 16.1. The van der Waals surface area contributed by atoms with Gasteiger partial charge >= 0.3 is 0 Å². The van der Waals surface area contributed by atoms with Gasteiger partial charge in [0, 0.05) is 12.2 Å². The van der Waals surface area contributed by atoms with Gasteiger partial charge in [0.05, 0.1) is 11.3 Å². The van der Waals surface area contributed by atoms with Crippen LogP contribution in [0.2, 0.25) is 0 Å². The van der Waals surface area contributed by atoms with Gasteiger partial charge in [-0.1, -0.05) is 13.8 Å². The SMILES string of the molecule is CC(C)c1ncncc1C(=O)NC1CCCNCC1. The van der Waals surface area contributed by atoms with Crippen LogP contribution in [0, 0.1) is 0 Å². The smallest absolute Gasteiger partial charge is 0.254 e. The Kier molecular flexibility index (Phi) is 4.85. The van der Waals surface area contributed by atoms with Crippen molar-refractivity contribution in [3.63, 3.8) is 0 Å². The van der Waals surface area contributed by atoms with Crippen molar-refractivity contribution in [3.05, 3.63) is 23.8 Å². The van der Waals surface area contributed by atoms with Crippen LogP contribution < -0.4 is 10.6 Å². The molecule has 1 atom stereocenters. The summed E-state index contributed by atoms with van der Waals surface area (Å²) in [6.07, 6.45) is 6.24. The highest BCUT2D eigenvalue weighted by molar-refractivity contribution is 5.95. The van der Waals surface area contributed by atoms with Gasteiger partial charge in [0.25, 0.3) is 5.91 Å². The monoisotopic (exact) mass is 262 g/mol. The van der Waals surface area contributed by atoms with E-state index >= 15 is 0 Å². The van der Waals surface area contributed by atoms with Crippen LogP contribution >= 0.6 is 0 Å². The maximum Gasteiger partial charge on any atom is 0.254 e. The molecule has 5 nitrogen and oxygen atoms in total. The van der Waals surface area contributed by atoms with E-state index in [1.165, 1.54) is 6.33 Å². The molecule has 1 amide bonds. The summed E-state index contributed by atoms with van der Waals surface area (Å²) >= 11 is 0. The molecule has 1 unspecified atom stereocenters. The second kappa shape index (κ2) is 6.61. The van der Waals surface area contributed by atoms with Gasteiger partial charge < -0.3 is 10.6 Å². The fourth-order valence-corrected chi connectivity index (χ4v) is 2.40. The maximum absolute atomic E-state index is 12.3. The molecule has 1 aromatic rings. The number of aromatic nitrogens is 2. The van der Waals surface area contributed by atoms with E-state index in [4.69, 9.17) is 0 Å². The van der Waals surface area contributed by atoms with E-state index in [0.29, 0.717) is 5.56 Å². The number of carbonyl (C=O) groups excluding carboxylic acids is 1. The Morgan fingerprint density at radius 2 is 2.26 bits per heavy atom. The van der Waals surface area contributed by atoms with Crippen LogP contribution in [0.4, 0.5) is 0 Å². The molecule has 0 saturated carbocycles. The predicted octanol–water partition coefficient (Wildman–Crippen LogP) is 1.47. The summed E-state index contributed by atoms with van der Waals surface area (Å²) in [4.78, 5) is 20.5. The Morgan fingerprint density at radius 1 is 1.42 bits per heavy atom. The van der Waals surface area contributed by atoms with E-state index in [1.807, 2.05) is 13.8 Å². The van der Waals surface area contributed by atoms with Crippen molar-refractivity contribution in [2.75, 3.05) is 13.1 Å². The molecule has 1 aromatic heterocycles. The summed E-state index contributed by atoms with van der Waals surface area (Å²) in [5, 5.41) is 6.46. The van der Waals surface area contributed by atoms with Gasteiger partial charge in [0.15, 0.2) is 0 Å². The van der Waals surface area contributed by atoms with Crippen molar-refractivity contribution in [1.82, 2.24) is 20.6 Å². The van der Waals surface area contributed by atoms with Gasteiger partial charge in [-0.15, -0.1) is 0 Å². The van der Waals surface area contributed by atoms with Crippen LogP contribution in [0.3, 0.4) is 0 Å².